The quantitative estimate of drug-likeness (QED) is 0.590. The molecule has 0 heterocycles. The number of hydrogen-bond acceptors (Lipinski definition) is 3. The number of ether oxygens (including phenoxy) is 2. The van der Waals surface area contributed by atoms with Crippen LogP contribution in [0.25, 0.3) is 0 Å². The smallest absolute Gasteiger partial charge is 0.387 e. The van der Waals surface area contributed by atoms with Crippen LogP contribution in [0.4, 0.5) is 18.9 Å². The molecular weight excluding hydrogens is 335 g/mol. The normalized spacial score (nSPS) is 11.6. The molecule has 0 amide bonds. The monoisotopic (exact) mass is 353 g/mol. The fourth-order valence-corrected chi connectivity index (χ4v) is 2.16. The molecule has 0 fully saturated rings. The first-order valence-corrected chi connectivity index (χ1v) is 7.37. The molecule has 0 saturated heterocycles. The van der Waals surface area contributed by atoms with Crippen molar-refractivity contribution in [1.29, 1.82) is 0 Å². The molecule has 0 bridgehead atoms. The number of aliphatic imine (C=N–C) groups is 1. The van der Waals surface area contributed by atoms with E-state index >= 15 is 0 Å². The predicted molar refractivity (Wildman–Crippen MR) is 89.1 cm³/mol. The first-order valence-electron chi connectivity index (χ1n) is 7.37. The van der Waals surface area contributed by atoms with Crippen molar-refractivity contribution in [3.05, 3.63) is 59.4 Å². The molecule has 0 aromatic heterocycles. The maximum Gasteiger partial charge on any atom is 0.387 e. The van der Waals surface area contributed by atoms with Crippen LogP contribution in [-0.2, 0) is 17.9 Å². The maximum atomic E-state index is 13.9. The highest BCUT2D eigenvalue weighted by atomic mass is 19.3. The molecule has 3 N–H and O–H groups in total. The largest absolute Gasteiger partial charge is 0.434 e. The number of nitrogens with one attached hydrogen (secondary N) is 1. The van der Waals surface area contributed by atoms with E-state index in [1.807, 2.05) is 12.1 Å². The van der Waals surface area contributed by atoms with Gasteiger partial charge in [-0.05, 0) is 18.2 Å². The van der Waals surface area contributed by atoms with Crippen molar-refractivity contribution >= 4 is 11.6 Å². The van der Waals surface area contributed by atoms with Crippen molar-refractivity contribution in [3.8, 4) is 5.75 Å². The van der Waals surface area contributed by atoms with Crippen LogP contribution in [0.3, 0.4) is 0 Å². The van der Waals surface area contributed by atoms with Gasteiger partial charge in [-0.3, -0.25) is 0 Å². The number of anilines is 1. The zero-order chi connectivity index (χ0) is 18.2. The minimum atomic E-state index is -3.05. The van der Waals surface area contributed by atoms with Gasteiger partial charge >= 0.3 is 6.61 Å². The van der Waals surface area contributed by atoms with E-state index in [1.54, 1.807) is 19.2 Å². The standard InChI is InChI=1S/C17H18F3N3O2/c1-24-10-11-5-2-3-7-14(11)23-17(21)22-9-12-13(18)6-4-8-15(12)25-16(19)20/h2-8,16H,9-10H2,1H3,(H3,21,22,23). The third kappa shape index (κ3) is 5.39. The number of guanidine groups is 1. The van der Waals surface area contributed by atoms with Gasteiger partial charge in [0.15, 0.2) is 5.96 Å². The molecule has 2 aromatic rings. The summed E-state index contributed by atoms with van der Waals surface area (Å²) in [4.78, 5) is 4.00. The lowest BCUT2D eigenvalue weighted by Gasteiger charge is -2.12. The van der Waals surface area contributed by atoms with E-state index in [-0.39, 0.29) is 23.8 Å². The van der Waals surface area contributed by atoms with Gasteiger partial charge in [-0.15, -0.1) is 0 Å². The Morgan fingerprint density at radius 2 is 1.96 bits per heavy atom. The van der Waals surface area contributed by atoms with Crippen LogP contribution < -0.4 is 15.8 Å². The maximum absolute atomic E-state index is 13.9. The predicted octanol–water partition coefficient (Wildman–Crippen LogP) is 3.50. The Hall–Kier alpha value is -2.74. The second-order valence-corrected chi connectivity index (χ2v) is 5.01. The van der Waals surface area contributed by atoms with Gasteiger partial charge in [0.05, 0.1) is 18.7 Å². The molecule has 0 atom stereocenters. The van der Waals surface area contributed by atoms with Crippen molar-refractivity contribution in [3.63, 3.8) is 0 Å². The molecule has 2 rings (SSSR count). The molecule has 0 spiro atoms. The number of alkyl halides is 2. The van der Waals surface area contributed by atoms with Gasteiger partial charge < -0.3 is 20.5 Å². The Bertz CT molecular complexity index is 739. The van der Waals surface area contributed by atoms with E-state index in [2.05, 4.69) is 15.0 Å². The summed E-state index contributed by atoms with van der Waals surface area (Å²) in [6.45, 7) is -2.93. The van der Waals surface area contributed by atoms with Gasteiger partial charge in [-0.2, -0.15) is 8.78 Å². The summed E-state index contributed by atoms with van der Waals surface area (Å²) < 4.78 is 48.1. The van der Waals surface area contributed by atoms with E-state index in [1.165, 1.54) is 12.1 Å². The Kier molecular flexibility index (Phi) is 6.64. The number of halogens is 3. The third-order valence-corrected chi connectivity index (χ3v) is 3.28. The van der Waals surface area contributed by atoms with Crippen molar-refractivity contribution < 1.29 is 22.6 Å². The van der Waals surface area contributed by atoms with Crippen LogP contribution in [0.2, 0.25) is 0 Å². The minimum Gasteiger partial charge on any atom is -0.434 e. The lowest BCUT2D eigenvalue weighted by molar-refractivity contribution is -0.0506. The van der Waals surface area contributed by atoms with Crippen molar-refractivity contribution in [2.24, 2.45) is 10.7 Å². The van der Waals surface area contributed by atoms with Crippen LogP contribution in [-0.4, -0.2) is 19.7 Å². The van der Waals surface area contributed by atoms with Gasteiger partial charge in [0.2, 0.25) is 0 Å². The van der Waals surface area contributed by atoms with Crippen LogP contribution >= 0.6 is 0 Å². The number of benzene rings is 2. The highest BCUT2D eigenvalue weighted by molar-refractivity contribution is 5.93. The summed E-state index contributed by atoms with van der Waals surface area (Å²) in [5, 5.41) is 2.88. The second-order valence-electron chi connectivity index (χ2n) is 5.01. The SMILES string of the molecule is COCc1ccccc1NC(N)=NCc1c(F)cccc1OC(F)F. The molecular formula is C17H18F3N3O2. The number of para-hydroxylation sites is 1. The molecule has 0 unspecified atom stereocenters. The van der Waals surface area contributed by atoms with Crippen LogP contribution in [0.5, 0.6) is 5.75 Å². The minimum absolute atomic E-state index is 0.00908. The zero-order valence-electron chi connectivity index (χ0n) is 13.5. The van der Waals surface area contributed by atoms with Crippen molar-refractivity contribution in [2.75, 3.05) is 12.4 Å². The van der Waals surface area contributed by atoms with Crippen LogP contribution in [0, 0.1) is 5.82 Å². The molecule has 8 heteroatoms. The summed E-state index contributed by atoms with van der Waals surface area (Å²) in [5.74, 6) is -0.962. The fraction of sp³-hybridized carbons (Fsp3) is 0.235. The molecule has 5 nitrogen and oxygen atoms in total. The number of hydrogen-bond donors (Lipinski definition) is 2. The zero-order valence-corrected chi connectivity index (χ0v) is 13.5. The van der Waals surface area contributed by atoms with E-state index in [4.69, 9.17) is 10.5 Å². The number of nitrogens with zero attached hydrogens (tertiary/aromatic N) is 1. The Morgan fingerprint density at radius 1 is 1.20 bits per heavy atom. The first-order chi connectivity index (χ1) is 12.0. The Labute approximate surface area is 143 Å². The number of nitrogens with two attached hydrogens (primary N) is 1. The van der Waals surface area contributed by atoms with Gasteiger partial charge in [-0.1, -0.05) is 24.3 Å². The topological polar surface area (TPSA) is 68.9 Å². The fourth-order valence-electron chi connectivity index (χ4n) is 2.16. The Morgan fingerprint density at radius 3 is 2.68 bits per heavy atom. The third-order valence-electron chi connectivity index (χ3n) is 3.28. The summed E-state index contributed by atoms with van der Waals surface area (Å²) >= 11 is 0. The van der Waals surface area contributed by atoms with Crippen molar-refractivity contribution in [2.45, 2.75) is 19.8 Å². The summed E-state index contributed by atoms with van der Waals surface area (Å²) in [6.07, 6.45) is 0. The van der Waals surface area contributed by atoms with E-state index < -0.39 is 12.4 Å². The average molecular weight is 353 g/mol. The Balaban J connectivity index is 2.14. The lowest BCUT2D eigenvalue weighted by atomic mass is 10.2. The number of rotatable bonds is 7. The summed E-state index contributed by atoms with van der Waals surface area (Å²) in [7, 11) is 1.57. The molecule has 0 aliphatic rings. The highest BCUT2D eigenvalue weighted by Crippen LogP contribution is 2.24. The van der Waals surface area contributed by atoms with E-state index in [0.717, 1.165) is 11.6 Å². The summed E-state index contributed by atoms with van der Waals surface area (Å²) in [6, 6.07) is 11.0. The average Bonchev–Trinajstić information content (AvgIpc) is 2.56. The molecule has 25 heavy (non-hydrogen) atoms. The first kappa shape index (κ1) is 18.6. The second kappa shape index (κ2) is 8.93. The van der Waals surface area contributed by atoms with Gasteiger partial charge in [0.1, 0.15) is 11.6 Å². The molecule has 0 radical (unpaired) electrons. The number of methoxy groups -OCH3 is 1. The molecule has 0 aliphatic carbocycles. The molecule has 0 saturated carbocycles. The highest BCUT2D eigenvalue weighted by Gasteiger charge is 2.13. The molecule has 0 aliphatic heterocycles. The van der Waals surface area contributed by atoms with Crippen LogP contribution in [0.1, 0.15) is 11.1 Å². The van der Waals surface area contributed by atoms with E-state index in [0.29, 0.717) is 12.3 Å². The summed E-state index contributed by atoms with van der Waals surface area (Å²) in [5.41, 5.74) is 7.25. The van der Waals surface area contributed by atoms with Gasteiger partial charge in [0, 0.05) is 18.4 Å². The van der Waals surface area contributed by atoms with Gasteiger partial charge in [-0.25, -0.2) is 9.38 Å². The molecule has 134 valence electrons. The van der Waals surface area contributed by atoms with Gasteiger partial charge in [0.25, 0.3) is 0 Å². The van der Waals surface area contributed by atoms with Crippen LogP contribution in [0.15, 0.2) is 47.5 Å². The van der Waals surface area contributed by atoms with E-state index in [9.17, 15) is 13.2 Å². The molecule has 2 aromatic carbocycles. The van der Waals surface area contributed by atoms with Crippen molar-refractivity contribution in [1.82, 2.24) is 0 Å². The lowest BCUT2D eigenvalue weighted by Crippen LogP contribution is -2.23.